The maximum atomic E-state index is 9.37. The molecule has 0 aliphatic carbocycles. The van der Waals surface area contributed by atoms with Gasteiger partial charge in [-0.25, -0.2) is 0 Å². The van der Waals surface area contributed by atoms with E-state index in [0.717, 1.165) is 5.39 Å². The van der Waals surface area contributed by atoms with Crippen LogP contribution in [0.2, 0.25) is 0 Å². The second kappa shape index (κ2) is 2.07. The first-order valence-corrected chi connectivity index (χ1v) is 3.92. The van der Waals surface area contributed by atoms with Crippen LogP contribution in [0.3, 0.4) is 0 Å². The van der Waals surface area contributed by atoms with E-state index in [1.54, 1.807) is 6.26 Å². The molecule has 0 fully saturated rings. The zero-order chi connectivity index (χ0) is 8.84. The molecule has 3 aromatic rings. The summed E-state index contributed by atoms with van der Waals surface area (Å²) in [5.41, 5.74) is 1.28. The van der Waals surface area contributed by atoms with Crippen molar-refractivity contribution >= 4 is 21.9 Å². The Kier molecular flexibility index (Phi) is 1.05. The Morgan fingerprint density at radius 1 is 1.00 bits per heavy atom. The van der Waals surface area contributed by atoms with Gasteiger partial charge in [0.25, 0.3) is 0 Å². The van der Waals surface area contributed by atoms with Crippen LogP contribution in [0.15, 0.2) is 39.6 Å². The second-order valence-corrected chi connectivity index (χ2v) is 2.90. The molecule has 0 bridgehead atoms. The van der Waals surface area contributed by atoms with Crippen LogP contribution in [0.25, 0.3) is 21.9 Å². The molecule has 64 valence electrons. The summed E-state index contributed by atoms with van der Waals surface area (Å²) in [5.74, 6) is 0.147. The summed E-state index contributed by atoms with van der Waals surface area (Å²) in [5, 5.41) is 11.0. The van der Waals surface area contributed by atoms with E-state index < -0.39 is 0 Å². The molecule has 3 nitrogen and oxygen atoms in total. The first-order chi connectivity index (χ1) is 6.36. The van der Waals surface area contributed by atoms with E-state index in [-0.39, 0.29) is 5.75 Å². The Hall–Kier alpha value is -1.90. The molecule has 0 spiro atoms. The highest BCUT2D eigenvalue weighted by Crippen LogP contribution is 2.32. The highest BCUT2D eigenvalue weighted by atomic mass is 16.4. The van der Waals surface area contributed by atoms with Crippen molar-refractivity contribution in [2.75, 3.05) is 0 Å². The summed E-state index contributed by atoms with van der Waals surface area (Å²) >= 11 is 0. The zero-order valence-electron chi connectivity index (χ0n) is 6.65. The lowest BCUT2D eigenvalue weighted by Gasteiger charge is -1.89. The quantitative estimate of drug-likeness (QED) is 0.570. The van der Waals surface area contributed by atoms with E-state index in [2.05, 4.69) is 0 Å². The Morgan fingerprint density at radius 2 is 1.92 bits per heavy atom. The van der Waals surface area contributed by atoms with Crippen molar-refractivity contribution in [3.8, 4) is 5.75 Å². The monoisotopic (exact) mass is 174 g/mol. The summed E-state index contributed by atoms with van der Waals surface area (Å²) in [7, 11) is 0. The summed E-state index contributed by atoms with van der Waals surface area (Å²) in [6.07, 6.45) is 2.91. The van der Waals surface area contributed by atoms with Crippen molar-refractivity contribution in [2.24, 2.45) is 0 Å². The van der Waals surface area contributed by atoms with Crippen LogP contribution in [-0.2, 0) is 0 Å². The SMILES string of the molecule is Oc1coc2c1ccc1ccoc12. The lowest BCUT2D eigenvalue weighted by Crippen LogP contribution is -1.66. The van der Waals surface area contributed by atoms with E-state index in [1.807, 2.05) is 18.2 Å². The number of fused-ring (bicyclic) bond motifs is 3. The largest absolute Gasteiger partial charge is 0.504 e. The van der Waals surface area contributed by atoms with Gasteiger partial charge in [-0.2, -0.15) is 0 Å². The fraction of sp³-hybridized carbons (Fsp3) is 0. The molecule has 2 heterocycles. The predicted molar refractivity (Wildman–Crippen MR) is 47.7 cm³/mol. The molecular weight excluding hydrogens is 168 g/mol. The predicted octanol–water partition coefficient (Wildman–Crippen LogP) is 2.88. The van der Waals surface area contributed by atoms with Gasteiger partial charge in [0, 0.05) is 5.39 Å². The molecule has 0 saturated carbocycles. The number of benzene rings is 1. The molecule has 3 rings (SSSR count). The lowest BCUT2D eigenvalue weighted by molar-refractivity contribution is 0.464. The first-order valence-electron chi connectivity index (χ1n) is 3.92. The summed E-state index contributed by atoms with van der Waals surface area (Å²) in [6.45, 7) is 0. The van der Waals surface area contributed by atoms with Gasteiger partial charge in [-0.05, 0) is 12.1 Å². The highest BCUT2D eigenvalue weighted by molar-refractivity contribution is 6.02. The van der Waals surface area contributed by atoms with E-state index in [9.17, 15) is 5.11 Å². The van der Waals surface area contributed by atoms with Gasteiger partial charge < -0.3 is 13.9 Å². The molecular formula is C10H6O3. The minimum atomic E-state index is 0.147. The molecule has 0 atom stereocenters. The van der Waals surface area contributed by atoms with Gasteiger partial charge in [0.2, 0.25) is 0 Å². The molecule has 3 heteroatoms. The van der Waals surface area contributed by atoms with Crippen LogP contribution < -0.4 is 0 Å². The zero-order valence-corrected chi connectivity index (χ0v) is 6.65. The van der Waals surface area contributed by atoms with Crippen molar-refractivity contribution < 1.29 is 13.9 Å². The molecule has 1 aromatic carbocycles. The van der Waals surface area contributed by atoms with Crippen molar-refractivity contribution in [2.45, 2.75) is 0 Å². The Bertz CT molecular complexity index is 574. The third kappa shape index (κ3) is 0.731. The van der Waals surface area contributed by atoms with Gasteiger partial charge in [-0.1, -0.05) is 6.07 Å². The van der Waals surface area contributed by atoms with Crippen LogP contribution in [0, 0.1) is 0 Å². The van der Waals surface area contributed by atoms with Crippen molar-refractivity contribution in [1.82, 2.24) is 0 Å². The topological polar surface area (TPSA) is 46.5 Å². The molecule has 2 aromatic heterocycles. The summed E-state index contributed by atoms with van der Waals surface area (Å²) in [6, 6.07) is 5.55. The molecule has 0 amide bonds. The third-order valence-electron chi connectivity index (χ3n) is 2.14. The van der Waals surface area contributed by atoms with Gasteiger partial charge in [0.05, 0.1) is 11.6 Å². The van der Waals surface area contributed by atoms with Crippen LogP contribution in [0.1, 0.15) is 0 Å². The Balaban J connectivity index is 2.66. The molecule has 0 saturated heterocycles. The van der Waals surface area contributed by atoms with E-state index in [0.29, 0.717) is 16.6 Å². The maximum absolute atomic E-state index is 9.37. The van der Waals surface area contributed by atoms with Crippen molar-refractivity contribution in [3.05, 3.63) is 30.7 Å². The van der Waals surface area contributed by atoms with Crippen molar-refractivity contribution in [1.29, 1.82) is 0 Å². The van der Waals surface area contributed by atoms with E-state index in [1.165, 1.54) is 6.26 Å². The van der Waals surface area contributed by atoms with Crippen LogP contribution >= 0.6 is 0 Å². The summed E-state index contributed by atoms with van der Waals surface area (Å²) in [4.78, 5) is 0. The third-order valence-corrected chi connectivity index (χ3v) is 2.14. The van der Waals surface area contributed by atoms with Crippen LogP contribution in [0.5, 0.6) is 5.75 Å². The van der Waals surface area contributed by atoms with E-state index in [4.69, 9.17) is 8.83 Å². The molecule has 1 N–H and O–H groups in total. The van der Waals surface area contributed by atoms with Crippen LogP contribution in [0.4, 0.5) is 0 Å². The van der Waals surface area contributed by atoms with Crippen LogP contribution in [-0.4, -0.2) is 5.11 Å². The second-order valence-electron chi connectivity index (χ2n) is 2.90. The average Bonchev–Trinajstić information content (AvgIpc) is 2.70. The minimum Gasteiger partial charge on any atom is -0.504 e. The fourth-order valence-electron chi connectivity index (χ4n) is 1.50. The molecule has 0 aliphatic heterocycles. The van der Waals surface area contributed by atoms with E-state index >= 15 is 0 Å². The molecule has 0 unspecified atom stereocenters. The number of hydrogen-bond donors (Lipinski definition) is 1. The minimum absolute atomic E-state index is 0.147. The van der Waals surface area contributed by atoms with Gasteiger partial charge >= 0.3 is 0 Å². The summed E-state index contributed by atoms with van der Waals surface area (Å²) < 4.78 is 10.4. The Labute approximate surface area is 73.2 Å². The molecule has 13 heavy (non-hydrogen) atoms. The highest BCUT2D eigenvalue weighted by Gasteiger charge is 2.09. The standard InChI is InChI=1S/C10H6O3/c11-8-5-13-10-7(8)2-1-6-3-4-12-9(6)10/h1-5,11H. The maximum Gasteiger partial charge on any atom is 0.180 e. The molecule has 0 aliphatic rings. The smallest absolute Gasteiger partial charge is 0.180 e. The number of furan rings is 2. The number of rotatable bonds is 0. The van der Waals surface area contributed by atoms with Gasteiger partial charge in [0.1, 0.15) is 6.26 Å². The van der Waals surface area contributed by atoms with Gasteiger partial charge in [-0.3, -0.25) is 0 Å². The Morgan fingerprint density at radius 3 is 2.85 bits per heavy atom. The van der Waals surface area contributed by atoms with Gasteiger partial charge in [0.15, 0.2) is 16.9 Å². The van der Waals surface area contributed by atoms with Gasteiger partial charge in [-0.15, -0.1) is 0 Å². The average molecular weight is 174 g/mol. The fourth-order valence-corrected chi connectivity index (χ4v) is 1.50. The molecule has 0 radical (unpaired) electrons. The number of hydrogen-bond acceptors (Lipinski definition) is 3. The van der Waals surface area contributed by atoms with Crippen molar-refractivity contribution in [3.63, 3.8) is 0 Å². The normalized spacial score (nSPS) is 11.4. The first kappa shape index (κ1) is 6.60. The number of aromatic hydroxyl groups is 1. The lowest BCUT2D eigenvalue weighted by atomic mass is 10.2.